The average Bonchev–Trinajstić information content (AvgIpc) is 2.98. The molecule has 1 aliphatic heterocycles. The summed E-state index contributed by atoms with van der Waals surface area (Å²) >= 11 is 1.21. The van der Waals surface area contributed by atoms with E-state index >= 15 is 0 Å². The van der Waals surface area contributed by atoms with Crippen LogP contribution in [0.1, 0.15) is 40.2 Å². The molecule has 1 saturated heterocycles. The van der Waals surface area contributed by atoms with Gasteiger partial charge in [-0.05, 0) is 50.9 Å². The Labute approximate surface area is 156 Å². The van der Waals surface area contributed by atoms with Crippen LogP contribution in [0.4, 0.5) is 0 Å². The third-order valence-electron chi connectivity index (χ3n) is 4.80. The molecule has 0 saturated carbocycles. The molecule has 6 nitrogen and oxygen atoms in total. The molecule has 0 aliphatic carbocycles. The quantitative estimate of drug-likeness (QED) is 0.825. The van der Waals surface area contributed by atoms with Gasteiger partial charge in [0.15, 0.2) is 10.7 Å². The monoisotopic (exact) mass is 375 g/mol. The van der Waals surface area contributed by atoms with E-state index in [1.165, 1.54) is 18.7 Å². The predicted molar refractivity (Wildman–Crippen MR) is 104 cm³/mol. The van der Waals surface area contributed by atoms with Gasteiger partial charge in [-0.3, -0.25) is 9.78 Å². The molecule has 8 heteroatoms. The summed E-state index contributed by atoms with van der Waals surface area (Å²) in [4.78, 5) is 25.4. The van der Waals surface area contributed by atoms with Crippen molar-refractivity contribution < 1.29 is 18.5 Å². The molecule has 2 heterocycles. The smallest absolute Gasteiger partial charge is 0.408 e. The molecule has 3 rings (SSSR count). The van der Waals surface area contributed by atoms with Crippen molar-refractivity contribution in [2.24, 2.45) is 0 Å². The molecule has 2 aromatic rings. The van der Waals surface area contributed by atoms with Gasteiger partial charge in [-0.15, -0.1) is 0 Å². The molecule has 1 aliphatic rings. The highest BCUT2D eigenvalue weighted by Gasteiger charge is 2.52. The first-order valence-electron chi connectivity index (χ1n) is 8.40. The molecule has 26 heavy (non-hydrogen) atoms. The number of hydrogen-bond acceptors (Lipinski definition) is 6. The second kappa shape index (κ2) is 6.76. The van der Waals surface area contributed by atoms with Gasteiger partial charge in [-0.2, -0.15) is 0 Å². The van der Waals surface area contributed by atoms with E-state index in [0.29, 0.717) is 16.9 Å². The third-order valence-corrected chi connectivity index (χ3v) is 5.68. The van der Waals surface area contributed by atoms with Gasteiger partial charge in [0, 0.05) is 12.7 Å². The standard InChI is InChI=1S/C18H22BNO5S/c1-11(21)26-10-13(19-24-17(2,3)18(4,5)25-19)8-12-6-7-14-15(9-12)23-16(22)20-14/h6-9H,10H2,1-5H3,(H,20,22). The van der Waals surface area contributed by atoms with Crippen LogP contribution in [0.15, 0.2) is 32.9 Å². The Bertz CT molecular complexity index is 911. The molecule has 0 radical (unpaired) electrons. The van der Waals surface area contributed by atoms with Crippen LogP contribution in [0.5, 0.6) is 0 Å². The number of aromatic nitrogens is 1. The number of thioether (sulfide) groups is 1. The highest BCUT2D eigenvalue weighted by Crippen LogP contribution is 2.39. The van der Waals surface area contributed by atoms with E-state index in [4.69, 9.17) is 13.7 Å². The maximum Gasteiger partial charge on any atom is 0.491 e. The van der Waals surface area contributed by atoms with Crippen molar-refractivity contribution in [1.29, 1.82) is 0 Å². The SMILES string of the molecule is CC(=O)SCC(=Cc1ccc2[nH]c(=O)oc2c1)B1OC(C)(C)C(C)(C)O1. The summed E-state index contributed by atoms with van der Waals surface area (Å²) < 4.78 is 17.4. The molecular weight excluding hydrogens is 353 g/mol. The summed E-state index contributed by atoms with van der Waals surface area (Å²) in [5, 5.41) is 0.0273. The molecule has 1 aromatic carbocycles. The summed E-state index contributed by atoms with van der Waals surface area (Å²) in [6.07, 6.45) is 1.92. The minimum atomic E-state index is -0.541. The number of hydrogen-bond donors (Lipinski definition) is 1. The lowest BCUT2D eigenvalue weighted by Crippen LogP contribution is -2.41. The van der Waals surface area contributed by atoms with Crippen molar-refractivity contribution in [3.8, 4) is 0 Å². The number of H-pyrrole nitrogens is 1. The van der Waals surface area contributed by atoms with Gasteiger partial charge in [0.05, 0.1) is 16.7 Å². The summed E-state index contributed by atoms with van der Waals surface area (Å²) in [6, 6.07) is 5.43. The Morgan fingerprint density at radius 2 is 1.88 bits per heavy atom. The number of fused-ring (bicyclic) bond motifs is 1. The lowest BCUT2D eigenvalue weighted by atomic mass is 9.78. The molecule has 0 spiro atoms. The van der Waals surface area contributed by atoms with Gasteiger partial charge in [0.2, 0.25) is 0 Å². The first kappa shape index (κ1) is 19.0. The summed E-state index contributed by atoms with van der Waals surface area (Å²) in [6.45, 7) is 9.49. The van der Waals surface area contributed by atoms with E-state index in [9.17, 15) is 9.59 Å². The topological polar surface area (TPSA) is 81.5 Å². The van der Waals surface area contributed by atoms with Crippen LogP contribution >= 0.6 is 11.8 Å². The number of oxazole rings is 1. The van der Waals surface area contributed by atoms with Gasteiger partial charge in [-0.25, -0.2) is 4.79 Å². The fourth-order valence-electron chi connectivity index (χ4n) is 2.62. The zero-order valence-corrected chi connectivity index (χ0v) is 16.4. The van der Waals surface area contributed by atoms with E-state index in [1.807, 2.05) is 39.8 Å². The molecular formula is C18H22BNO5S. The number of carbonyl (C=O) groups is 1. The van der Waals surface area contributed by atoms with Crippen molar-refractivity contribution in [1.82, 2.24) is 4.98 Å². The average molecular weight is 375 g/mol. The van der Waals surface area contributed by atoms with Gasteiger partial charge in [-0.1, -0.05) is 23.9 Å². The van der Waals surface area contributed by atoms with Crippen molar-refractivity contribution in [3.05, 3.63) is 39.8 Å². The zero-order chi connectivity index (χ0) is 19.1. The number of rotatable bonds is 4. The maximum absolute atomic E-state index is 11.4. The van der Waals surface area contributed by atoms with Gasteiger partial charge >= 0.3 is 12.9 Å². The van der Waals surface area contributed by atoms with Gasteiger partial charge < -0.3 is 13.7 Å². The summed E-state index contributed by atoms with van der Waals surface area (Å²) in [5.41, 5.74) is 1.89. The fraction of sp³-hybridized carbons (Fsp3) is 0.444. The van der Waals surface area contributed by atoms with Crippen LogP contribution in [0, 0.1) is 0 Å². The van der Waals surface area contributed by atoms with Crippen LogP contribution in [0.25, 0.3) is 17.2 Å². The highest BCUT2D eigenvalue weighted by molar-refractivity contribution is 8.13. The lowest BCUT2D eigenvalue weighted by molar-refractivity contribution is -0.109. The minimum absolute atomic E-state index is 0.0273. The van der Waals surface area contributed by atoms with E-state index in [0.717, 1.165) is 11.0 Å². The van der Waals surface area contributed by atoms with Crippen molar-refractivity contribution in [2.45, 2.75) is 45.8 Å². The second-order valence-electron chi connectivity index (χ2n) is 7.36. The van der Waals surface area contributed by atoms with Gasteiger partial charge in [0.1, 0.15) is 0 Å². The van der Waals surface area contributed by atoms with Crippen molar-refractivity contribution in [3.63, 3.8) is 0 Å². The molecule has 1 aromatic heterocycles. The van der Waals surface area contributed by atoms with E-state index in [-0.39, 0.29) is 5.12 Å². The Morgan fingerprint density at radius 1 is 1.23 bits per heavy atom. The lowest BCUT2D eigenvalue weighted by Gasteiger charge is -2.32. The number of carbonyl (C=O) groups excluding carboxylic acids is 1. The molecule has 138 valence electrons. The van der Waals surface area contributed by atoms with Crippen LogP contribution in [-0.4, -0.2) is 34.2 Å². The predicted octanol–water partition coefficient (Wildman–Crippen LogP) is 3.42. The maximum atomic E-state index is 11.4. The van der Waals surface area contributed by atoms with Crippen LogP contribution in [0.2, 0.25) is 0 Å². The van der Waals surface area contributed by atoms with Crippen LogP contribution < -0.4 is 5.76 Å². The zero-order valence-electron chi connectivity index (χ0n) is 15.5. The first-order chi connectivity index (χ1) is 12.1. The molecule has 0 atom stereocenters. The normalized spacial score (nSPS) is 19.3. The van der Waals surface area contributed by atoms with Crippen LogP contribution in [-0.2, 0) is 14.1 Å². The number of nitrogens with one attached hydrogen (secondary N) is 1. The fourth-order valence-corrected chi connectivity index (χ4v) is 3.21. The van der Waals surface area contributed by atoms with Gasteiger partial charge in [0.25, 0.3) is 0 Å². The highest BCUT2D eigenvalue weighted by atomic mass is 32.2. The third kappa shape index (κ3) is 3.82. The Hall–Kier alpha value is -1.77. The largest absolute Gasteiger partial charge is 0.491 e. The Balaban J connectivity index is 1.95. The Kier molecular flexibility index (Phi) is 4.94. The van der Waals surface area contributed by atoms with E-state index < -0.39 is 24.1 Å². The molecule has 0 unspecified atom stereocenters. The first-order valence-corrected chi connectivity index (χ1v) is 9.38. The molecule has 0 amide bonds. The number of benzene rings is 1. The number of aromatic amines is 1. The summed E-state index contributed by atoms with van der Waals surface area (Å²) in [5.74, 6) is -0.0270. The van der Waals surface area contributed by atoms with Crippen molar-refractivity contribution >= 4 is 41.2 Å². The second-order valence-corrected chi connectivity index (χ2v) is 8.51. The van der Waals surface area contributed by atoms with Crippen LogP contribution in [0.3, 0.4) is 0 Å². The minimum Gasteiger partial charge on any atom is -0.408 e. The summed E-state index contributed by atoms with van der Waals surface area (Å²) in [7, 11) is -0.541. The molecule has 1 N–H and O–H groups in total. The Morgan fingerprint density at radius 3 is 2.50 bits per heavy atom. The molecule has 0 bridgehead atoms. The van der Waals surface area contributed by atoms with E-state index in [2.05, 4.69) is 4.98 Å². The molecule has 1 fully saturated rings. The van der Waals surface area contributed by atoms with E-state index in [1.54, 1.807) is 12.1 Å². The van der Waals surface area contributed by atoms with Crippen molar-refractivity contribution in [2.75, 3.05) is 5.75 Å².